The van der Waals surface area contributed by atoms with Gasteiger partial charge in [0.05, 0.1) is 12.1 Å². The molecule has 2 saturated heterocycles. The number of hydrogen-bond donors (Lipinski definition) is 2. The Hall–Kier alpha value is -1.08. The number of fused-ring (bicyclic) bond motifs is 2. The van der Waals surface area contributed by atoms with Gasteiger partial charge >= 0.3 is 0 Å². The minimum Gasteiger partial charge on any atom is -0.441 e. The van der Waals surface area contributed by atoms with E-state index in [1.54, 1.807) is 11.3 Å². The molecule has 0 aliphatic carbocycles. The molecule has 2 aliphatic rings. The number of carbonyl (C=O) groups excluding carboxylic acids is 1. The molecule has 4 rings (SSSR count). The van der Waals surface area contributed by atoms with Gasteiger partial charge in [-0.3, -0.25) is 4.79 Å². The highest BCUT2D eigenvalue weighted by Gasteiger charge is 2.34. The van der Waals surface area contributed by atoms with Gasteiger partial charge in [-0.15, -0.1) is 24.8 Å². The van der Waals surface area contributed by atoms with Crippen molar-refractivity contribution < 1.29 is 9.21 Å². The maximum Gasteiger partial charge on any atom is 0.227 e. The van der Waals surface area contributed by atoms with E-state index in [0.717, 1.165) is 29.9 Å². The zero-order valence-electron chi connectivity index (χ0n) is 14.0. The minimum absolute atomic E-state index is 0. The summed E-state index contributed by atoms with van der Waals surface area (Å²) in [7, 11) is 0. The summed E-state index contributed by atoms with van der Waals surface area (Å²) in [6.07, 6.45) is 4.85. The fourth-order valence-electron chi connectivity index (χ4n) is 3.71. The van der Waals surface area contributed by atoms with Crippen LogP contribution in [0.25, 0.3) is 11.5 Å². The van der Waals surface area contributed by atoms with Crippen LogP contribution in [0.1, 0.15) is 37.1 Å². The molecule has 2 bridgehead atoms. The molecule has 0 spiro atoms. The van der Waals surface area contributed by atoms with Gasteiger partial charge in [-0.25, -0.2) is 4.98 Å². The van der Waals surface area contributed by atoms with E-state index >= 15 is 0 Å². The first-order valence-electron chi connectivity index (χ1n) is 8.21. The monoisotopic (exact) mass is 403 g/mol. The third-order valence-electron chi connectivity index (χ3n) is 4.83. The number of piperidine rings is 1. The molecule has 0 saturated carbocycles. The van der Waals surface area contributed by atoms with Gasteiger partial charge in [0.15, 0.2) is 0 Å². The second-order valence-electron chi connectivity index (χ2n) is 6.58. The molecule has 2 fully saturated rings. The number of thiophene rings is 1. The van der Waals surface area contributed by atoms with Crippen LogP contribution in [0.15, 0.2) is 21.2 Å². The van der Waals surface area contributed by atoms with Crippen molar-refractivity contribution in [1.82, 2.24) is 15.6 Å². The van der Waals surface area contributed by atoms with Gasteiger partial charge in [0.1, 0.15) is 5.76 Å². The van der Waals surface area contributed by atoms with E-state index in [-0.39, 0.29) is 30.7 Å². The first-order chi connectivity index (χ1) is 11.2. The van der Waals surface area contributed by atoms with Gasteiger partial charge in [0, 0.05) is 29.1 Å². The number of oxazole rings is 1. The molecule has 138 valence electrons. The molecule has 25 heavy (non-hydrogen) atoms. The number of nitrogens with one attached hydrogen (secondary N) is 2. The summed E-state index contributed by atoms with van der Waals surface area (Å²) >= 11 is 1.61. The molecule has 1 amide bonds. The van der Waals surface area contributed by atoms with Gasteiger partial charge in [0.2, 0.25) is 11.8 Å². The van der Waals surface area contributed by atoms with Crippen molar-refractivity contribution in [3.63, 3.8) is 0 Å². The van der Waals surface area contributed by atoms with E-state index in [0.29, 0.717) is 30.4 Å². The quantitative estimate of drug-likeness (QED) is 0.819. The topological polar surface area (TPSA) is 67.2 Å². The first-order valence-corrected chi connectivity index (χ1v) is 9.16. The summed E-state index contributed by atoms with van der Waals surface area (Å²) in [6.45, 7) is 1.87. The van der Waals surface area contributed by atoms with Crippen LogP contribution < -0.4 is 10.6 Å². The average molecular weight is 404 g/mol. The van der Waals surface area contributed by atoms with Crippen LogP contribution in [0.5, 0.6) is 0 Å². The zero-order valence-corrected chi connectivity index (χ0v) is 16.4. The van der Waals surface area contributed by atoms with Crippen LogP contribution in [0.4, 0.5) is 0 Å². The number of nitrogens with zero attached hydrogens (tertiary/aromatic N) is 1. The van der Waals surface area contributed by atoms with E-state index in [1.807, 2.05) is 23.8 Å². The lowest BCUT2D eigenvalue weighted by molar-refractivity contribution is -0.121. The Morgan fingerprint density at radius 1 is 1.36 bits per heavy atom. The third-order valence-corrected chi connectivity index (χ3v) is 5.51. The molecular weight excluding hydrogens is 381 g/mol. The van der Waals surface area contributed by atoms with Gasteiger partial charge in [-0.1, -0.05) is 0 Å². The molecule has 4 heterocycles. The maximum absolute atomic E-state index is 12.4. The van der Waals surface area contributed by atoms with Gasteiger partial charge in [-0.05, 0) is 44.1 Å². The lowest BCUT2D eigenvalue weighted by Gasteiger charge is -2.29. The van der Waals surface area contributed by atoms with Crippen LogP contribution in [-0.4, -0.2) is 29.0 Å². The number of carbonyl (C=O) groups is 1. The van der Waals surface area contributed by atoms with Gasteiger partial charge in [0.25, 0.3) is 0 Å². The average Bonchev–Trinajstić information content (AvgIpc) is 3.21. The van der Waals surface area contributed by atoms with Crippen molar-refractivity contribution in [1.29, 1.82) is 0 Å². The van der Waals surface area contributed by atoms with Crippen molar-refractivity contribution >= 4 is 42.1 Å². The number of halogens is 2. The minimum atomic E-state index is 0. The lowest BCUT2D eigenvalue weighted by atomic mass is 9.99. The molecule has 8 heteroatoms. The fraction of sp³-hybridized carbons (Fsp3) is 0.529. The maximum atomic E-state index is 12.4. The zero-order chi connectivity index (χ0) is 15.8. The van der Waals surface area contributed by atoms with E-state index in [1.165, 1.54) is 12.8 Å². The number of amides is 1. The molecular formula is C17H23Cl2N3O2S. The predicted molar refractivity (Wildman–Crippen MR) is 104 cm³/mol. The number of hydrogen-bond acceptors (Lipinski definition) is 5. The van der Waals surface area contributed by atoms with Gasteiger partial charge < -0.3 is 15.1 Å². The number of rotatable bonds is 4. The Kier molecular flexibility index (Phi) is 6.91. The third kappa shape index (κ3) is 4.56. The Bertz CT molecular complexity index is 693. The highest BCUT2D eigenvalue weighted by atomic mass is 35.5. The Labute approximate surface area is 163 Å². The van der Waals surface area contributed by atoms with Gasteiger partial charge in [-0.2, -0.15) is 11.3 Å². The van der Waals surface area contributed by atoms with Crippen molar-refractivity contribution in [3.05, 3.63) is 28.3 Å². The van der Waals surface area contributed by atoms with Crippen molar-refractivity contribution in [2.45, 2.75) is 57.2 Å². The van der Waals surface area contributed by atoms with Crippen LogP contribution in [-0.2, 0) is 11.2 Å². The number of aryl methyl sites for hydroxylation is 1. The summed E-state index contributed by atoms with van der Waals surface area (Å²) in [6, 6.07) is 3.44. The van der Waals surface area contributed by atoms with E-state index in [4.69, 9.17) is 4.42 Å². The number of aromatic nitrogens is 1. The Morgan fingerprint density at radius 2 is 2.08 bits per heavy atom. The largest absolute Gasteiger partial charge is 0.441 e. The summed E-state index contributed by atoms with van der Waals surface area (Å²) in [5.74, 6) is 1.38. The molecule has 2 atom stereocenters. The summed E-state index contributed by atoms with van der Waals surface area (Å²) < 4.78 is 5.70. The lowest BCUT2D eigenvalue weighted by Crippen LogP contribution is -2.48. The molecule has 2 aliphatic heterocycles. The second-order valence-corrected chi connectivity index (χ2v) is 7.36. The van der Waals surface area contributed by atoms with E-state index in [9.17, 15) is 4.79 Å². The molecule has 2 unspecified atom stereocenters. The van der Waals surface area contributed by atoms with Crippen LogP contribution >= 0.6 is 36.2 Å². The van der Waals surface area contributed by atoms with Crippen LogP contribution in [0.3, 0.4) is 0 Å². The van der Waals surface area contributed by atoms with E-state index < -0.39 is 0 Å². The molecule has 5 nitrogen and oxygen atoms in total. The standard InChI is InChI=1S/C17H21N3O2S.2ClH/c1-10-15(20-17(22-10)11-4-5-23-9-11)8-16(21)19-14-6-12-2-3-13(7-14)18-12;;/h4-5,9,12-14,18H,2-3,6-8H2,1H3,(H,19,21);2*1H. The van der Waals surface area contributed by atoms with Crippen molar-refractivity contribution in [2.75, 3.05) is 0 Å². The summed E-state index contributed by atoms with van der Waals surface area (Å²) in [5.41, 5.74) is 1.71. The molecule has 0 radical (unpaired) electrons. The fourth-order valence-corrected chi connectivity index (χ4v) is 4.34. The summed E-state index contributed by atoms with van der Waals surface area (Å²) in [4.78, 5) is 16.8. The van der Waals surface area contributed by atoms with Crippen molar-refractivity contribution in [2.24, 2.45) is 0 Å². The van der Waals surface area contributed by atoms with Crippen molar-refractivity contribution in [3.8, 4) is 11.5 Å². The normalized spacial score (nSPS) is 24.3. The summed E-state index contributed by atoms with van der Waals surface area (Å²) in [5, 5.41) is 10.8. The molecule has 2 aromatic rings. The van der Waals surface area contributed by atoms with Crippen LogP contribution in [0, 0.1) is 6.92 Å². The Balaban J connectivity index is 0.00000113. The highest BCUT2D eigenvalue weighted by Crippen LogP contribution is 2.27. The Morgan fingerprint density at radius 3 is 2.72 bits per heavy atom. The highest BCUT2D eigenvalue weighted by molar-refractivity contribution is 7.08. The first kappa shape index (κ1) is 20.2. The predicted octanol–water partition coefficient (Wildman–Crippen LogP) is 3.50. The van der Waals surface area contributed by atoms with Crippen LogP contribution in [0.2, 0.25) is 0 Å². The second kappa shape index (κ2) is 8.54. The smallest absolute Gasteiger partial charge is 0.227 e. The molecule has 2 N–H and O–H groups in total. The molecule has 0 aromatic carbocycles. The SMILES string of the molecule is Cc1oc(-c2ccsc2)nc1CC(=O)NC1CC2CCC(C1)N2.Cl.Cl. The van der Waals surface area contributed by atoms with E-state index in [2.05, 4.69) is 15.6 Å². The molecule has 2 aromatic heterocycles.